The van der Waals surface area contributed by atoms with E-state index in [4.69, 9.17) is 75.8 Å². The fourth-order valence-electron chi connectivity index (χ4n) is 4.77. The van der Waals surface area contributed by atoms with E-state index in [-0.39, 0.29) is 45.2 Å². The maximum absolute atomic E-state index is 12.9. The van der Waals surface area contributed by atoms with E-state index in [1.165, 1.54) is 25.3 Å². The molecule has 0 saturated heterocycles. The maximum Gasteiger partial charge on any atom is 0.343 e. The van der Waals surface area contributed by atoms with Crippen LogP contribution in [-0.4, -0.2) is 19.7 Å². The first kappa shape index (κ1) is 32.1. The zero-order valence-electron chi connectivity index (χ0n) is 23.8. The number of carbonyl (C=O) groups excluding carboxylic acids is 1. The minimum Gasteiger partial charge on any atom is -0.494 e. The Kier molecular flexibility index (Phi) is 9.86. The molecule has 0 saturated carbocycles. The summed E-state index contributed by atoms with van der Waals surface area (Å²) in [5, 5.41) is 11.4. The minimum absolute atomic E-state index is 0.0807. The fourth-order valence-corrected chi connectivity index (χ4v) is 5.87. The fraction of sp³-hybridized carbons (Fsp3) is 0.152. The molecule has 1 aliphatic heterocycles. The molecule has 5 rings (SSSR count). The highest BCUT2D eigenvalue weighted by molar-refractivity contribution is 6.37. The molecule has 12 heteroatoms. The summed E-state index contributed by atoms with van der Waals surface area (Å²) < 4.78 is 28.5. The largest absolute Gasteiger partial charge is 0.494 e. The molecule has 0 fully saturated rings. The van der Waals surface area contributed by atoms with Gasteiger partial charge >= 0.3 is 5.97 Å². The molecule has 4 aromatic carbocycles. The predicted octanol–water partition coefficient (Wildman–Crippen LogP) is 8.72. The first-order chi connectivity index (χ1) is 21.6. The normalized spacial score (nSPS) is 13.8. The number of allylic oxidation sites excluding steroid dienone is 1. The third-order valence-electron chi connectivity index (χ3n) is 6.84. The lowest BCUT2D eigenvalue weighted by atomic mass is 9.83. The first-order valence-electron chi connectivity index (χ1n) is 13.4. The average Bonchev–Trinajstić information content (AvgIpc) is 3.00. The number of esters is 1. The second kappa shape index (κ2) is 13.8. The molecule has 2 N–H and O–H groups in total. The number of rotatable bonds is 9. The lowest BCUT2D eigenvalue weighted by Crippen LogP contribution is -2.21. The lowest BCUT2D eigenvalue weighted by molar-refractivity contribution is 0.0734. The topological polar surface area (TPSA) is 113 Å². The second-order valence-corrected chi connectivity index (χ2v) is 11.3. The maximum atomic E-state index is 12.9. The number of benzene rings is 4. The van der Waals surface area contributed by atoms with Crippen molar-refractivity contribution in [3.8, 4) is 34.8 Å². The summed E-state index contributed by atoms with van der Waals surface area (Å²) in [6.07, 6.45) is 0. The van der Waals surface area contributed by atoms with Gasteiger partial charge in [-0.15, -0.1) is 0 Å². The summed E-state index contributed by atoms with van der Waals surface area (Å²) in [5.41, 5.74) is 8.62. The summed E-state index contributed by atoms with van der Waals surface area (Å²) in [6, 6.07) is 20.3. The zero-order chi connectivity index (χ0) is 32.2. The number of halogens is 4. The van der Waals surface area contributed by atoms with Crippen LogP contribution in [0.1, 0.15) is 39.9 Å². The van der Waals surface area contributed by atoms with Crippen LogP contribution in [-0.2, 0) is 6.61 Å². The van der Waals surface area contributed by atoms with E-state index < -0.39 is 11.9 Å². The number of nitriles is 1. The number of hydrogen-bond donors (Lipinski definition) is 1. The molecule has 0 spiro atoms. The van der Waals surface area contributed by atoms with Crippen LogP contribution in [0.2, 0.25) is 20.1 Å². The number of ether oxygens (including phenoxy) is 5. The molecule has 230 valence electrons. The Hall–Kier alpha value is -4.26. The summed E-state index contributed by atoms with van der Waals surface area (Å²) in [6.45, 7) is 2.40. The van der Waals surface area contributed by atoms with Gasteiger partial charge in [-0.05, 0) is 55.0 Å². The Morgan fingerprint density at radius 1 is 0.933 bits per heavy atom. The quantitative estimate of drug-likeness (QED) is 0.137. The van der Waals surface area contributed by atoms with Crippen molar-refractivity contribution in [3.05, 3.63) is 121 Å². The van der Waals surface area contributed by atoms with E-state index in [1.54, 1.807) is 42.5 Å². The Labute approximate surface area is 279 Å². The highest BCUT2D eigenvalue weighted by atomic mass is 35.5. The third kappa shape index (κ3) is 6.87. The highest BCUT2D eigenvalue weighted by Crippen LogP contribution is 2.45. The molecule has 0 amide bonds. The van der Waals surface area contributed by atoms with Gasteiger partial charge in [0, 0.05) is 27.2 Å². The third-order valence-corrected chi connectivity index (χ3v) is 7.99. The number of fused-ring (bicyclic) bond motifs is 1. The van der Waals surface area contributed by atoms with Crippen LogP contribution in [0.15, 0.2) is 78.2 Å². The van der Waals surface area contributed by atoms with Crippen molar-refractivity contribution in [3.63, 3.8) is 0 Å². The van der Waals surface area contributed by atoms with Gasteiger partial charge in [0.1, 0.15) is 29.7 Å². The number of carbonyl (C=O) groups is 1. The van der Waals surface area contributed by atoms with E-state index in [0.717, 1.165) is 5.56 Å². The van der Waals surface area contributed by atoms with Crippen molar-refractivity contribution in [1.82, 2.24) is 0 Å². The number of nitrogens with zero attached hydrogens (tertiary/aromatic N) is 1. The van der Waals surface area contributed by atoms with Crippen molar-refractivity contribution in [2.45, 2.75) is 19.4 Å². The van der Waals surface area contributed by atoms with Gasteiger partial charge in [-0.2, -0.15) is 5.26 Å². The van der Waals surface area contributed by atoms with Crippen LogP contribution < -0.4 is 29.4 Å². The molecule has 45 heavy (non-hydrogen) atoms. The van der Waals surface area contributed by atoms with E-state index in [2.05, 4.69) is 6.07 Å². The van der Waals surface area contributed by atoms with Crippen LogP contribution in [0.3, 0.4) is 0 Å². The molecule has 4 aromatic rings. The SMILES string of the molecule is CCOc1cc(C2C(C#N)=C(N)Oc3cc(OC(=O)c4cc(Cl)c(OC)c(Cl)c4)ccc32)ccc1OCc1ccc(Cl)cc1Cl. The van der Waals surface area contributed by atoms with Gasteiger partial charge in [0.15, 0.2) is 17.2 Å². The van der Waals surface area contributed by atoms with Crippen LogP contribution in [0.25, 0.3) is 0 Å². The lowest BCUT2D eigenvalue weighted by Gasteiger charge is -2.27. The van der Waals surface area contributed by atoms with E-state index in [0.29, 0.717) is 45.0 Å². The van der Waals surface area contributed by atoms with Crippen LogP contribution in [0.4, 0.5) is 0 Å². The molecular formula is C33H24Cl4N2O6. The summed E-state index contributed by atoms with van der Waals surface area (Å²) >= 11 is 24.7. The molecule has 0 aliphatic carbocycles. The number of nitrogens with two attached hydrogens (primary N) is 1. The number of hydrogen-bond acceptors (Lipinski definition) is 8. The molecule has 8 nitrogen and oxygen atoms in total. The Bertz CT molecular complexity index is 1850. The average molecular weight is 686 g/mol. The summed E-state index contributed by atoms with van der Waals surface area (Å²) in [5.74, 6) is 0.284. The molecule has 1 aliphatic rings. The summed E-state index contributed by atoms with van der Waals surface area (Å²) in [4.78, 5) is 12.9. The van der Waals surface area contributed by atoms with Gasteiger partial charge < -0.3 is 29.4 Å². The van der Waals surface area contributed by atoms with Gasteiger partial charge in [-0.1, -0.05) is 64.6 Å². The molecule has 0 bridgehead atoms. The van der Waals surface area contributed by atoms with Gasteiger partial charge in [-0.3, -0.25) is 0 Å². The smallest absolute Gasteiger partial charge is 0.343 e. The molecule has 0 aromatic heterocycles. The van der Waals surface area contributed by atoms with Gasteiger partial charge in [-0.25, -0.2) is 4.79 Å². The van der Waals surface area contributed by atoms with E-state index in [9.17, 15) is 10.1 Å². The van der Waals surface area contributed by atoms with Gasteiger partial charge in [0.25, 0.3) is 0 Å². The molecular weight excluding hydrogens is 662 g/mol. The first-order valence-corrected chi connectivity index (χ1v) is 14.9. The molecule has 1 unspecified atom stereocenters. The van der Waals surface area contributed by atoms with Crippen molar-refractivity contribution in [2.75, 3.05) is 13.7 Å². The summed E-state index contributed by atoms with van der Waals surface area (Å²) in [7, 11) is 1.42. The van der Waals surface area contributed by atoms with E-state index >= 15 is 0 Å². The van der Waals surface area contributed by atoms with Crippen molar-refractivity contribution < 1.29 is 28.5 Å². The van der Waals surface area contributed by atoms with Crippen molar-refractivity contribution in [2.24, 2.45) is 5.73 Å². The Balaban J connectivity index is 1.44. The highest BCUT2D eigenvalue weighted by Gasteiger charge is 2.32. The molecule has 1 atom stereocenters. The predicted molar refractivity (Wildman–Crippen MR) is 172 cm³/mol. The minimum atomic E-state index is -0.702. The van der Waals surface area contributed by atoms with Gasteiger partial charge in [0.05, 0.1) is 35.2 Å². The van der Waals surface area contributed by atoms with Gasteiger partial charge in [0.2, 0.25) is 5.88 Å². The van der Waals surface area contributed by atoms with Crippen molar-refractivity contribution >= 4 is 52.4 Å². The Morgan fingerprint density at radius 2 is 1.69 bits per heavy atom. The van der Waals surface area contributed by atoms with Crippen molar-refractivity contribution in [1.29, 1.82) is 5.26 Å². The van der Waals surface area contributed by atoms with Crippen LogP contribution >= 0.6 is 46.4 Å². The second-order valence-electron chi connectivity index (χ2n) is 9.65. The van der Waals surface area contributed by atoms with Crippen LogP contribution in [0, 0.1) is 11.3 Å². The Morgan fingerprint density at radius 3 is 2.36 bits per heavy atom. The standard InChI is InChI=1S/C33H24Cl4N2O6/c1-3-42-29-12-17(5-9-27(29)43-16-18-4-6-20(34)13-24(18)35)30-22-8-7-21(14-28(22)45-32(39)23(30)15-38)44-33(40)19-10-25(36)31(41-2)26(37)11-19/h4-14,30H,3,16,39H2,1-2H3. The monoisotopic (exact) mass is 684 g/mol. The molecule has 0 radical (unpaired) electrons. The van der Waals surface area contributed by atoms with E-state index in [1.807, 2.05) is 13.0 Å². The number of methoxy groups -OCH3 is 1. The molecule has 1 heterocycles. The van der Waals surface area contributed by atoms with Crippen LogP contribution in [0.5, 0.6) is 28.7 Å². The zero-order valence-corrected chi connectivity index (χ0v) is 26.9.